The lowest BCUT2D eigenvalue weighted by Gasteiger charge is -2.06. The van der Waals surface area contributed by atoms with Crippen LogP contribution >= 0.6 is 0 Å². The minimum atomic E-state index is 0.676. The van der Waals surface area contributed by atoms with Crippen LogP contribution in [0.3, 0.4) is 0 Å². The van der Waals surface area contributed by atoms with Crippen LogP contribution in [0.1, 0.15) is 5.69 Å². The van der Waals surface area contributed by atoms with Gasteiger partial charge in [0.15, 0.2) is 0 Å². The highest BCUT2D eigenvalue weighted by atomic mass is 15.4. The number of hydrogen-bond acceptors (Lipinski definition) is 5. The molecule has 0 aliphatic rings. The van der Waals surface area contributed by atoms with E-state index in [0.717, 1.165) is 22.4 Å². The van der Waals surface area contributed by atoms with Crippen LogP contribution in [0.4, 0.5) is 5.69 Å². The Morgan fingerprint density at radius 2 is 2.00 bits per heavy atom. The van der Waals surface area contributed by atoms with E-state index in [1.165, 1.54) is 0 Å². The van der Waals surface area contributed by atoms with Gasteiger partial charge in [-0.15, -0.1) is 5.10 Å². The fraction of sp³-hybridized carbons (Fsp3) is 0.167. The molecule has 6 heteroatoms. The van der Waals surface area contributed by atoms with Crippen molar-refractivity contribution in [2.24, 2.45) is 7.05 Å². The molecule has 3 rings (SSSR count). The third-order valence-corrected chi connectivity index (χ3v) is 2.75. The second kappa shape index (κ2) is 4.40. The SMILES string of the molecule is Cn1nncc1CNc1ccc2nccnc2c1. The molecule has 0 saturated carbocycles. The maximum Gasteiger partial charge on any atom is 0.0907 e. The minimum absolute atomic E-state index is 0.676. The van der Waals surface area contributed by atoms with E-state index in [9.17, 15) is 0 Å². The summed E-state index contributed by atoms with van der Waals surface area (Å²) in [4.78, 5) is 8.50. The zero-order valence-electron chi connectivity index (χ0n) is 9.91. The van der Waals surface area contributed by atoms with Crippen LogP contribution in [-0.4, -0.2) is 25.0 Å². The number of anilines is 1. The van der Waals surface area contributed by atoms with Gasteiger partial charge in [-0.25, -0.2) is 0 Å². The van der Waals surface area contributed by atoms with Crippen molar-refractivity contribution in [2.45, 2.75) is 6.54 Å². The van der Waals surface area contributed by atoms with Gasteiger partial charge in [0.2, 0.25) is 0 Å². The quantitative estimate of drug-likeness (QED) is 0.748. The van der Waals surface area contributed by atoms with Crippen molar-refractivity contribution in [3.8, 4) is 0 Å². The van der Waals surface area contributed by atoms with Crippen molar-refractivity contribution in [1.82, 2.24) is 25.0 Å². The molecule has 0 atom stereocenters. The monoisotopic (exact) mass is 240 g/mol. The van der Waals surface area contributed by atoms with Gasteiger partial charge in [-0.3, -0.25) is 14.6 Å². The first-order valence-electron chi connectivity index (χ1n) is 5.61. The Bertz CT molecular complexity index is 675. The van der Waals surface area contributed by atoms with Gasteiger partial charge in [-0.2, -0.15) is 0 Å². The topological polar surface area (TPSA) is 68.5 Å². The summed E-state index contributed by atoms with van der Waals surface area (Å²) in [5.41, 5.74) is 3.80. The Morgan fingerprint density at radius 1 is 1.17 bits per heavy atom. The molecule has 0 spiro atoms. The van der Waals surface area contributed by atoms with Crippen LogP contribution in [0.5, 0.6) is 0 Å². The Labute approximate surface area is 104 Å². The van der Waals surface area contributed by atoms with E-state index in [4.69, 9.17) is 0 Å². The largest absolute Gasteiger partial charge is 0.379 e. The van der Waals surface area contributed by atoms with E-state index < -0.39 is 0 Å². The molecular weight excluding hydrogens is 228 g/mol. The van der Waals surface area contributed by atoms with Gasteiger partial charge in [0.25, 0.3) is 0 Å². The van der Waals surface area contributed by atoms with Crippen molar-refractivity contribution in [3.63, 3.8) is 0 Å². The third-order valence-electron chi connectivity index (χ3n) is 2.75. The second-order valence-electron chi connectivity index (χ2n) is 3.96. The molecule has 1 N–H and O–H groups in total. The summed E-state index contributed by atoms with van der Waals surface area (Å²) in [6.07, 6.45) is 5.13. The van der Waals surface area contributed by atoms with Gasteiger partial charge in [-0.05, 0) is 18.2 Å². The summed E-state index contributed by atoms with van der Waals surface area (Å²) in [6.45, 7) is 0.676. The van der Waals surface area contributed by atoms with Crippen molar-refractivity contribution in [2.75, 3.05) is 5.32 Å². The molecule has 1 aromatic carbocycles. The fourth-order valence-electron chi connectivity index (χ4n) is 1.74. The summed E-state index contributed by atoms with van der Waals surface area (Å²) < 4.78 is 1.74. The van der Waals surface area contributed by atoms with Gasteiger partial charge in [0.05, 0.1) is 29.5 Å². The van der Waals surface area contributed by atoms with Crippen LogP contribution in [0.15, 0.2) is 36.8 Å². The van der Waals surface area contributed by atoms with Gasteiger partial charge in [0.1, 0.15) is 0 Å². The maximum absolute atomic E-state index is 4.27. The zero-order chi connectivity index (χ0) is 12.4. The lowest BCUT2D eigenvalue weighted by molar-refractivity contribution is 0.683. The molecule has 0 unspecified atom stereocenters. The molecule has 0 saturated heterocycles. The van der Waals surface area contributed by atoms with Crippen LogP contribution in [0.2, 0.25) is 0 Å². The Hall–Kier alpha value is -2.50. The highest BCUT2D eigenvalue weighted by Gasteiger charge is 2.01. The molecule has 0 amide bonds. The Kier molecular flexibility index (Phi) is 2.60. The number of nitrogens with one attached hydrogen (secondary N) is 1. The molecule has 2 heterocycles. The van der Waals surface area contributed by atoms with Crippen molar-refractivity contribution >= 4 is 16.7 Å². The predicted molar refractivity (Wildman–Crippen MR) is 67.9 cm³/mol. The van der Waals surface area contributed by atoms with Crippen LogP contribution in [-0.2, 0) is 13.6 Å². The van der Waals surface area contributed by atoms with E-state index >= 15 is 0 Å². The number of hydrogen-bond donors (Lipinski definition) is 1. The van der Waals surface area contributed by atoms with Crippen LogP contribution < -0.4 is 5.32 Å². The van der Waals surface area contributed by atoms with Crippen LogP contribution in [0, 0.1) is 0 Å². The maximum atomic E-state index is 4.27. The fourth-order valence-corrected chi connectivity index (χ4v) is 1.74. The summed E-state index contributed by atoms with van der Waals surface area (Å²) in [5.74, 6) is 0. The molecule has 3 aromatic rings. The molecule has 90 valence electrons. The first-order valence-corrected chi connectivity index (χ1v) is 5.61. The molecule has 0 radical (unpaired) electrons. The lowest BCUT2D eigenvalue weighted by atomic mass is 10.2. The third kappa shape index (κ3) is 2.00. The number of benzene rings is 1. The van der Waals surface area contributed by atoms with Crippen molar-refractivity contribution in [3.05, 3.63) is 42.5 Å². The van der Waals surface area contributed by atoms with Gasteiger partial charge < -0.3 is 5.32 Å². The highest BCUT2D eigenvalue weighted by Crippen LogP contribution is 2.15. The molecule has 0 aliphatic heterocycles. The number of fused-ring (bicyclic) bond motifs is 1. The zero-order valence-corrected chi connectivity index (χ0v) is 9.91. The number of nitrogens with zero attached hydrogens (tertiary/aromatic N) is 5. The average Bonchev–Trinajstić information content (AvgIpc) is 2.82. The molecule has 0 aliphatic carbocycles. The van der Waals surface area contributed by atoms with E-state index in [2.05, 4.69) is 25.6 Å². The van der Waals surface area contributed by atoms with E-state index in [1.807, 2.05) is 25.2 Å². The average molecular weight is 240 g/mol. The number of rotatable bonds is 3. The second-order valence-corrected chi connectivity index (χ2v) is 3.96. The normalized spacial score (nSPS) is 10.7. The Balaban J connectivity index is 1.81. The molecule has 0 fully saturated rings. The Morgan fingerprint density at radius 3 is 2.78 bits per heavy atom. The molecule has 2 aromatic heterocycles. The van der Waals surface area contributed by atoms with E-state index in [0.29, 0.717) is 6.54 Å². The van der Waals surface area contributed by atoms with E-state index in [-0.39, 0.29) is 0 Å². The highest BCUT2D eigenvalue weighted by molar-refractivity contribution is 5.78. The first-order chi connectivity index (χ1) is 8.83. The van der Waals surface area contributed by atoms with Crippen molar-refractivity contribution < 1.29 is 0 Å². The van der Waals surface area contributed by atoms with Crippen molar-refractivity contribution in [1.29, 1.82) is 0 Å². The smallest absolute Gasteiger partial charge is 0.0907 e. The molecular formula is C12H12N6. The standard InChI is InChI=1S/C12H12N6/c1-18-10(8-16-17-18)7-15-9-2-3-11-12(6-9)14-5-4-13-11/h2-6,8,15H,7H2,1H3. The van der Waals surface area contributed by atoms with E-state index in [1.54, 1.807) is 23.3 Å². The van der Waals surface area contributed by atoms with Crippen LogP contribution in [0.25, 0.3) is 11.0 Å². The molecule has 6 nitrogen and oxygen atoms in total. The minimum Gasteiger partial charge on any atom is -0.379 e. The summed E-state index contributed by atoms with van der Waals surface area (Å²) in [7, 11) is 1.87. The summed E-state index contributed by atoms with van der Waals surface area (Å²) >= 11 is 0. The molecule has 18 heavy (non-hydrogen) atoms. The summed E-state index contributed by atoms with van der Waals surface area (Å²) in [6, 6.07) is 5.92. The first kappa shape index (κ1) is 10.6. The predicted octanol–water partition coefficient (Wildman–Crippen LogP) is 1.37. The molecule has 0 bridgehead atoms. The van der Waals surface area contributed by atoms with Gasteiger partial charge in [0, 0.05) is 25.1 Å². The number of aromatic nitrogens is 5. The van der Waals surface area contributed by atoms with Gasteiger partial charge in [-0.1, -0.05) is 5.21 Å². The van der Waals surface area contributed by atoms with Gasteiger partial charge >= 0.3 is 0 Å². The summed E-state index contributed by atoms with van der Waals surface area (Å²) in [5, 5.41) is 11.0. The lowest BCUT2D eigenvalue weighted by Crippen LogP contribution is -2.05. The number of aryl methyl sites for hydroxylation is 1.